The van der Waals surface area contributed by atoms with E-state index in [-0.39, 0.29) is 0 Å². The minimum absolute atomic E-state index is 0.874. The Kier molecular flexibility index (Phi) is 2.60. The molecule has 0 spiro atoms. The van der Waals surface area contributed by atoms with Gasteiger partial charge >= 0.3 is 0 Å². The molecule has 3 heteroatoms. The minimum atomic E-state index is 0.874. The van der Waals surface area contributed by atoms with Crippen LogP contribution in [0.5, 0.6) is 0 Å². The van der Waals surface area contributed by atoms with Crippen LogP contribution in [-0.2, 0) is 6.42 Å². The van der Waals surface area contributed by atoms with E-state index in [1.54, 1.807) is 12.3 Å². The lowest BCUT2D eigenvalue weighted by Gasteiger charge is -1.95. The van der Waals surface area contributed by atoms with Gasteiger partial charge in [-0.05, 0) is 24.1 Å². The molecule has 0 aliphatic rings. The van der Waals surface area contributed by atoms with E-state index in [1.165, 1.54) is 6.21 Å². The van der Waals surface area contributed by atoms with Gasteiger partial charge in [-0.1, -0.05) is 12.1 Å². The average molecular weight is 150 g/mol. The summed E-state index contributed by atoms with van der Waals surface area (Å²) in [5, 5.41) is 11.2. The van der Waals surface area contributed by atoms with Crippen molar-refractivity contribution in [2.75, 3.05) is 0 Å². The third-order valence-electron chi connectivity index (χ3n) is 1.41. The van der Waals surface area contributed by atoms with Gasteiger partial charge in [-0.15, -0.1) is 0 Å². The largest absolute Gasteiger partial charge is 0.411 e. The van der Waals surface area contributed by atoms with E-state index in [4.69, 9.17) is 5.21 Å². The van der Waals surface area contributed by atoms with Gasteiger partial charge in [0.15, 0.2) is 0 Å². The number of pyridine rings is 1. The van der Waals surface area contributed by atoms with Crippen LogP contribution in [0.4, 0.5) is 0 Å². The lowest BCUT2D eigenvalue weighted by atomic mass is 10.2. The molecule has 0 aromatic carbocycles. The van der Waals surface area contributed by atoms with Crippen molar-refractivity contribution in [2.45, 2.75) is 13.3 Å². The van der Waals surface area contributed by atoms with Crippen molar-refractivity contribution in [1.82, 2.24) is 4.98 Å². The summed E-state index contributed by atoms with van der Waals surface area (Å²) in [4.78, 5) is 4.10. The molecule has 58 valence electrons. The number of hydrogen-bond donors (Lipinski definition) is 1. The van der Waals surface area contributed by atoms with Crippen LogP contribution in [0.3, 0.4) is 0 Å². The molecule has 0 aliphatic carbocycles. The first kappa shape index (κ1) is 7.72. The second-order valence-corrected chi connectivity index (χ2v) is 2.18. The van der Waals surface area contributed by atoms with Crippen molar-refractivity contribution in [3.05, 3.63) is 29.6 Å². The molecule has 3 nitrogen and oxygen atoms in total. The predicted molar refractivity (Wildman–Crippen MR) is 43.0 cm³/mol. The second-order valence-electron chi connectivity index (χ2n) is 2.18. The second kappa shape index (κ2) is 3.71. The molecule has 0 unspecified atom stereocenters. The summed E-state index contributed by atoms with van der Waals surface area (Å²) in [6.07, 6.45) is 3.99. The number of rotatable bonds is 2. The molecule has 1 rings (SSSR count). The predicted octanol–water partition coefficient (Wildman–Crippen LogP) is 1.45. The zero-order chi connectivity index (χ0) is 8.10. The zero-order valence-corrected chi connectivity index (χ0v) is 6.36. The van der Waals surface area contributed by atoms with E-state index < -0.39 is 0 Å². The highest BCUT2D eigenvalue weighted by molar-refractivity contribution is 5.78. The fourth-order valence-electron chi connectivity index (χ4n) is 0.837. The Morgan fingerprint density at radius 3 is 3.18 bits per heavy atom. The summed E-state index contributed by atoms with van der Waals surface area (Å²) in [5.74, 6) is 0. The van der Waals surface area contributed by atoms with Crippen LogP contribution in [0.25, 0.3) is 0 Å². The first-order valence-electron chi connectivity index (χ1n) is 3.49. The van der Waals surface area contributed by atoms with Crippen molar-refractivity contribution in [3.63, 3.8) is 0 Å². The molecule has 1 aromatic rings. The Balaban J connectivity index is 2.91. The minimum Gasteiger partial charge on any atom is -0.411 e. The van der Waals surface area contributed by atoms with Crippen molar-refractivity contribution in [3.8, 4) is 0 Å². The molecular weight excluding hydrogens is 140 g/mol. The van der Waals surface area contributed by atoms with E-state index >= 15 is 0 Å². The first-order valence-corrected chi connectivity index (χ1v) is 3.49. The van der Waals surface area contributed by atoms with Gasteiger partial charge in [0.25, 0.3) is 0 Å². The standard InChI is InChI=1S/C8H10N2O/c1-2-8-5-7(6-10-11)3-4-9-8/h3-6,11H,2H2,1H3/b10-6+. The molecule has 0 atom stereocenters. The molecule has 0 saturated heterocycles. The highest BCUT2D eigenvalue weighted by Crippen LogP contribution is 1.99. The van der Waals surface area contributed by atoms with Crippen LogP contribution in [0, 0.1) is 0 Å². The van der Waals surface area contributed by atoms with Crippen LogP contribution in [0.2, 0.25) is 0 Å². The van der Waals surface area contributed by atoms with Crippen molar-refractivity contribution < 1.29 is 5.21 Å². The topological polar surface area (TPSA) is 45.5 Å². The fourth-order valence-corrected chi connectivity index (χ4v) is 0.837. The maximum atomic E-state index is 8.23. The molecule has 0 bridgehead atoms. The molecule has 0 aliphatic heterocycles. The van der Waals surface area contributed by atoms with Crippen LogP contribution in [0.15, 0.2) is 23.5 Å². The van der Waals surface area contributed by atoms with Gasteiger partial charge in [-0.2, -0.15) is 0 Å². The Morgan fingerprint density at radius 2 is 2.55 bits per heavy atom. The monoisotopic (exact) mass is 150 g/mol. The number of aryl methyl sites for hydroxylation is 1. The van der Waals surface area contributed by atoms with E-state index in [0.29, 0.717) is 0 Å². The van der Waals surface area contributed by atoms with Crippen LogP contribution in [-0.4, -0.2) is 16.4 Å². The lowest BCUT2D eigenvalue weighted by molar-refractivity contribution is 0.322. The van der Waals surface area contributed by atoms with E-state index in [1.807, 2.05) is 13.0 Å². The van der Waals surface area contributed by atoms with Gasteiger partial charge in [0, 0.05) is 11.9 Å². The first-order chi connectivity index (χ1) is 5.36. The fraction of sp³-hybridized carbons (Fsp3) is 0.250. The van der Waals surface area contributed by atoms with Crippen molar-refractivity contribution in [2.24, 2.45) is 5.16 Å². The SMILES string of the molecule is CCc1cc(/C=N/O)ccn1. The van der Waals surface area contributed by atoms with Gasteiger partial charge in [-0.25, -0.2) is 0 Å². The quantitative estimate of drug-likeness (QED) is 0.394. The van der Waals surface area contributed by atoms with Crippen molar-refractivity contribution >= 4 is 6.21 Å². The summed E-state index contributed by atoms with van der Waals surface area (Å²) in [7, 11) is 0. The number of nitrogens with zero attached hydrogens (tertiary/aromatic N) is 2. The number of aromatic nitrogens is 1. The Morgan fingerprint density at radius 1 is 1.73 bits per heavy atom. The molecule has 11 heavy (non-hydrogen) atoms. The molecule has 1 heterocycles. The van der Waals surface area contributed by atoms with E-state index in [2.05, 4.69) is 10.1 Å². The smallest absolute Gasteiger partial charge is 0.0735 e. The number of hydrogen-bond acceptors (Lipinski definition) is 3. The van der Waals surface area contributed by atoms with E-state index in [0.717, 1.165) is 17.7 Å². The third kappa shape index (κ3) is 2.04. The van der Waals surface area contributed by atoms with Crippen LogP contribution in [0.1, 0.15) is 18.2 Å². The summed E-state index contributed by atoms with van der Waals surface area (Å²) in [6.45, 7) is 2.03. The molecule has 0 amide bonds. The van der Waals surface area contributed by atoms with Gasteiger partial charge in [-0.3, -0.25) is 4.98 Å². The maximum absolute atomic E-state index is 8.23. The average Bonchev–Trinajstić information content (AvgIpc) is 2.06. The molecule has 0 radical (unpaired) electrons. The highest BCUT2D eigenvalue weighted by atomic mass is 16.4. The molecule has 0 saturated carbocycles. The zero-order valence-electron chi connectivity index (χ0n) is 6.36. The summed E-state index contributed by atoms with van der Waals surface area (Å²) < 4.78 is 0. The number of oxime groups is 1. The van der Waals surface area contributed by atoms with Gasteiger partial charge in [0.1, 0.15) is 0 Å². The maximum Gasteiger partial charge on any atom is 0.0735 e. The van der Waals surface area contributed by atoms with Crippen molar-refractivity contribution in [1.29, 1.82) is 0 Å². The Hall–Kier alpha value is -1.38. The molecule has 1 aromatic heterocycles. The normalized spacial score (nSPS) is 10.6. The molecule has 0 fully saturated rings. The Labute approximate surface area is 65.4 Å². The summed E-state index contributed by atoms with van der Waals surface area (Å²) in [5.41, 5.74) is 1.88. The van der Waals surface area contributed by atoms with Crippen LogP contribution < -0.4 is 0 Å². The molecule has 1 N–H and O–H groups in total. The molecular formula is C8H10N2O. The van der Waals surface area contributed by atoms with Gasteiger partial charge in [0.05, 0.1) is 6.21 Å². The van der Waals surface area contributed by atoms with Gasteiger partial charge in [0.2, 0.25) is 0 Å². The summed E-state index contributed by atoms with van der Waals surface area (Å²) >= 11 is 0. The third-order valence-corrected chi connectivity index (χ3v) is 1.41. The lowest BCUT2D eigenvalue weighted by Crippen LogP contribution is -1.88. The van der Waals surface area contributed by atoms with Gasteiger partial charge < -0.3 is 5.21 Å². The highest BCUT2D eigenvalue weighted by Gasteiger charge is 1.91. The van der Waals surface area contributed by atoms with E-state index in [9.17, 15) is 0 Å². The summed E-state index contributed by atoms with van der Waals surface area (Å²) in [6, 6.07) is 3.68. The van der Waals surface area contributed by atoms with Crippen LogP contribution >= 0.6 is 0 Å². The Bertz CT molecular complexity index is 258.